The first kappa shape index (κ1) is 13.3. The Balaban J connectivity index is 2.32. The average molecular weight is 271 g/mol. The van der Waals surface area contributed by atoms with Crippen LogP contribution >= 0.6 is 11.6 Å². The molecule has 1 amide bonds. The van der Waals surface area contributed by atoms with Gasteiger partial charge in [0, 0.05) is 19.6 Å². The zero-order chi connectivity index (χ0) is 13.3. The summed E-state index contributed by atoms with van der Waals surface area (Å²) in [5, 5.41) is 3.81. The number of benzene rings is 1. The van der Waals surface area contributed by atoms with Gasteiger partial charge in [-0.05, 0) is 38.0 Å². The van der Waals surface area contributed by atoms with Crippen LogP contribution < -0.4 is 0 Å². The van der Waals surface area contributed by atoms with E-state index in [-0.39, 0.29) is 22.5 Å². The molecule has 1 fully saturated rings. The SMILES string of the molecule is CC1CCCN(C)N1C(=O)c1cc(F)ccc1Cl. The van der Waals surface area contributed by atoms with Gasteiger partial charge >= 0.3 is 0 Å². The fraction of sp³-hybridized carbons (Fsp3) is 0.462. The molecule has 0 aromatic heterocycles. The van der Waals surface area contributed by atoms with Gasteiger partial charge < -0.3 is 0 Å². The molecule has 1 aliphatic rings. The Morgan fingerprint density at radius 3 is 2.89 bits per heavy atom. The molecule has 18 heavy (non-hydrogen) atoms. The number of nitrogens with zero attached hydrogens (tertiary/aromatic N) is 2. The largest absolute Gasteiger partial charge is 0.270 e. The fourth-order valence-electron chi connectivity index (χ4n) is 2.32. The topological polar surface area (TPSA) is 23.6 Å². The Bertz CT molecular complexity index is 456. The zero-order valence-corrected chi connectivity index (χ0v) is 11.2. The molecule has 3 nitrogen and oxygen atoms in total. The minimum Gasteiger partial charge on any atom is -0.269 e. The van der Waals surface area contributed by atoms with Crippen molar-refractivity contribution in [1.82, 2.24) is 10.0 Å². The maximum absolute atomic E-state index is 13.2. The Kier molecular flexibility index (Phi) is 3.88. The molecule has 1 aromatic carbocycles. The number of hydrogen-bond donors (Lipinski definition) is 0. The molecular formula is C13H16ClFN2O. The van der Waals surface area contributed by atoms with E-state index in [2.05, 4.69) is 0 Å². The Morgan fingerprint density at radius 1 is 1.50 bits per heavy atom. The third-order valence-electron chi connectivity index (χ3n) is 3.26. The molecule has 0 aliphatic carbocycles. The van der Waals surface area contributed by atoms with Gasteiger partial charge in [-0.2, -0.15) is 0 Å². The third kappa shape index (κ3) is 2.49. The number of hydrazine groups is 1. The van der Waals surface area contributed by atoms with Crippen LogP contribution in [-0.2, 0) is 0 Å². The third-order valence-corrected chi connectivity index (χ3v) is 3.59. The average Bonchev–Trinajstić information content (AvgIpc) is 2.32. The van der Waals surface area contributed by atoms with E-state index < -0.39 is 5.82 Å². The van der Waals surface area contributed by atoms with Crippen molar-refractivity contribution in [1.29, 1.82) is 0 Å². The van der Waals surface area contributed by atoms with E-state index in [4.69, 9.17) is 11.6 Å². The lowest BCUT2D eigenvalue weighted by Gasteiger charge is -2.41. The lowest BCUT2D eigenvalue weighted by atomic mass is 10.1. The molecule has 1 aliphatic heterocycles. The van der Waals surface area contributed by atoms with Crippen LogP contribution in [0, 0.1) is 5.82 Å². The molecule has 0 bridgehead atoms. The summed E-state index contributed by atoms with van der Waals surface area (Å²) in [4.78, 5) is 12.4. The van der Waals surface area contributed by atoms with E-state index in [1.807, 2.05) is 19.0 Å². The number of carbonyl (C=O) groups is 1. The van der Waals surface area contributed by atoms with E-state index in [1.54, 1.807) is 5.01 Å². The lowest BCUT2D eigenvalue weighted by Crippen LogP contribution is -2.52. The number of hydrogen-bond acceptors (Lipinski definition) is 2. The quantitative estimate of drug-likeness (QED) is 0.783. The highest BCUT2D eigenvalue weighted by atomic mass is 35.5. The van der Waals surface area contributed by atoms with Crippen molar-refractivity contribution in [2.45, 2.75) is 25.8 Å². The number of amides is 1. The molecule has 1 saturated heterocycles. The van der Waals surface area contributed by atoms with Gasteiger partial charge in [0.1, 0.15) is 5.82 Å². The predicted octanol–water partition coefficient (Wildman–Crippen LogP) is 2.95. The molecular weight excluding hydrogens is 255 g/mol. The van der Waals surface area contributed by atoms with Crippen LogP contribution in [-0.4, -0.2) is 35.6 Å². The van der Waals surface area contributed by atoms with Gasteiger partial charge in [0.15, 0.2) is 0 Å². The van der Waals surface area contributed by atoms with Crippen molar-refractivity contribution in [2.24, 2.45) is 0 Å². The van der Waals surface area contributed by atoms with Gasteiger partial charge in [-0.3, -0.25) is 9.80 Å². The molecule has 1 unspecified atom stereocenters. The monoisotopic (exact) mass is 270 g/mol. The highest BCUT2D eigenvalue weighted by molar-refractivity contribution is 6.33. The normalized spacial score (nSPS) is 21.1. The van der Waals surface area contributed by atoms with Crippen molar-refractivity contribution in [3.05, 3.63) is 34.6 Å². The summed E-state index contributed by atoms with van der Waals surface area (Å²) in [6, 6.07) is 3.97. The summed E-state index contributed by atoms with van der Waals surface area (Å²) in [5.41, 5.74) is 0.220. The van der Waals surface area contributed by atoms with Crippen molar-refractivity contribution in [2.75, 3.05) is 13.6 Å². The minimum absolute atomic E-state index is 0.107. The lowest BCUT2D eigenvalue weighted by molar-refractivity contribution is -0.0387. The maximum Gasteiger partial charge on any atom is 0.270 e. The summed E-state index contributed by atoms with van der Waals surface area (Å²) in [6.45, 7) is 2.81. The van der Waals surface area contributed by atoms with Crippen LogP contribution in [0.1, 0.15) is 30.1 Å². The first-order valence-electron chi connectivity index (χ1n) is 6.00. The molecule has 2 rings (SSSR count). The summed E-state index contributed by atoms with van der Waals surface area (Å²) in [6.07, 6.45) is 2.00. The Morgan fingerprint density at radius 2 is 2.22 bits per heavy atom. The Hall–Kier alpha value is -1.13. The fourth-order valence-corrected chi connectivity index (χ4v) is 2.52. The number of halogens is 2. The standard InChI is InChI=1S/C13H16ClFN2O/c1-9-4-3-7-16(2)17(9)13(18)11-8-10(15)5-6-12(11)14/h5-6,8-9H,3-4,7H2,1-2H3. The summed E-state index contributed by atoms with van der Waals surface area (Å²) in [5.74, 6) is -0.690. The van der Waals surface area contributed by atoms with Crippen molar-refractivity contribution in [3.63, 3.8) is 0 Å². The van der Waals surface area contributed by atoms with Crippen LogP contribution in [0.2, 0.25) is 5.02 Å². The first-order chi connectivity index (χ1) is 8.50. The summed E-state index contributed by atoms with van der Waals surface area (Å²) < 4.78 is 13.2. The van der Waals surface area contributed by atoms with Gasteiger partial charge in [-0.1, -0.05) is 11.6 Å². The highest BCUT2D eigenvalue weighted by Gasteiger charge is 2.29. The van der Waals surface area contributed by atoms with E-state index in [1.165, 1.54) is 18.2 Å². The van der Waals surface area contributed by atoms with Gasteiger partial charge in [0.2, 0.25) is 0 Å². The van der Waals surface area contributed by atoms with Crippen LogP contribution in [0.3, 0.4) is 0 Å². The molecule has 1 atom stereocenters. The predicted molar refractivity (Wildman–Crippen MR) is 68.9 cm³/mol. The maximum atomic E-state index is 13.2. The van der Waals surface area contributed by atoms with Crippen molar-refractivity contribution >= 4 is 17.5 Å². The zero-order valence-electron chi connectivity index (χ0n) is 10.5. The van der Waals surface area contributed by atoms with Crippen molar-refractivity contribution in [3.8, 4) is 0 Å². The van der Waals surface area contributed by atoms with Crippen LogP contribution in [0.5, 0.6) is 0 Å². The van der Waals surface area contributed by atoms with Crippen LogP contribution in [0.15, 0.2) is 18.2 Å². The smallest absolute Gasteiger partial charge is 0.269 e. The number of carbonyl (C=O) groups excluding carboxylic acids is 1. The molecule has 1 aromatic rings. The number of rotatable bonds is 1. The second-order valence-electron chi connectivity index (χ2n) is 4.65. The van der Waals surface area contributed by atoms with Gasteiger partial charge in [0.25, 0.3) is 5.91 Å². The van der Waals surface area contributed by atoms with Gasteiger partial charge in [-0.25, -0.2) is 9.40 Å². The Labute approximate surface area is 111 Å². The summed E-state index contributed by atoms with van der Waals surface area (Å²) >= 11 is 5.97. The van der Waals surface area contributed by atoms with Gasteiger partial charge in [0.05, 0.1) is 10.6 Å². The van der Waals surface area contributed by atoms with Crippen LogP contribution in [0.25, 0.3) is 0 Å². The molecule has 98 valence electrons. The molecule has 0 N–H and O–H groups in total. The van der Waals surface area contributed by atoms with E-state index in [0.29, 0.717) is 0 Å². The molecule has 0 spiro atoms. The molecule has 0 saturated carbocycles. The molecule has 0 radical (unpaired) electrons. The summed E-state index contributed by atoms with van der Waals surface area (Å²) in [7, 11) is 1.86. The molecule has 5 heteroatoms. The van der Waals surface area contributed by atoms with E-state index in [0.717, 1.165) is 19.4 Å². The molecule has 1 heterocycles. The van der Waals surface area contributed by atoms with Gasteiger partial charge in [-0.15, -0.1) is 0 Å². The second-order valence-corrected chi connectivity index (χ2v) is 5.05. The van der Waals surface area contributed by atoms with Crippen LogP contribution in [0.4, 0.5) is 4.39 Å². The highest BCUT2D eigenvalue weighted by Crippen LogP contribution is 2.24. The van der Waals surface area contributed by atoms with E-state index in [9.17, 15) is 9.18 Å². The van der Waals surface area contributed by atoms with E-state index >= 15 is 0 Å². The second kappa shape index (κ2) is 5.24. The van der Waals surface area contributed by atoms with Crippen molar-refractivity contribution < 1.29 is 9.18 Å². The first-order valence-corrected chi connectivity index (χ1v) is 6.38. The minimum atomic E-state index is -0.449.